The molecule has 2 aromatic rings. The maximum absolute atomic E-state index is 12.8. The molecule has 2 aromatic carbocycles. The number of alkyl halides is 6. The molecule has 22 heavy (non-hydrogen) atoms. The molecule has 8 heteroatoms. The second kappa shape index (κ2) is 5.88. The predicted octanol–water partition coefficient (Wildman–Crippen LogP) is 6.92. The lowest BCUT2D eigenvalue weighted by Crippen LogP contribution is -2.11. The third-order valence-electron chi connectivity index (χ3n) is 2.78. The first kappa shape index (κ1) is 17.3. The summed E-state index contributed by atoms with van der Waals surface area (Å²) in [5, 5.41) is 0. The average Bonchev–Trinajstić information content (AvgIpc) is 2.35. The van der Waals surface area contributed by atoms with E-state index in [-0.39, 0.29) is 17.2 Å². The van der Waals surface area contributed by atoms with E-state index in [1.54, 1.807) is 6.07 Å². The van der Waals surface area contributed by atoms with Crippen LogP contribution in [0.15, 0.2) is 45.3 Å². The lowest BCUT2D eigenvalue weighted by molar-refractivity contribution is -0.143. The van der Waals surface area contributed by atoms with E-state index in [4.69, 9.17) is 0 Å². The van der Waals surface area contributed by atoms with Gasteiger partial charge in [0.25, 0.3) is 0 Å². The summed E-state index contributed by atoms with van der Waals surface area (Å²) in [4.78, 5) is 0. The van der Waals surface area contributed by atoms with Gasteiger partial charge in [-0.25, -0.2) is 0 Å². The van der Waals surface area contributed by atoms with Crippen LogP contribution in [0.5, 0.6) is 0 Å². The molecule has 0 fully saturated rings. The van der Waals surface area contributed by atoms with Gasteiger partial charge in [-0.2, -0.15) is 26.3 Å². The van der Waals surface area contributed by atoms with Crippen LogP contribution in [0.4, 0.5) is 26.3 Å². The van der Waals surface area contributed by atoms with Gasteiger partial charge in [0.15, 0.2) is 0 Å². The maximum atomic E-state index is 12.8. The van der Waals surface area contributed by atoms with Crippen LogP contribution in [0.3, 0.4) is 0 Å². The minimum Gasteiger partial charge on any atom is -0.166 e. The second-order valence-electron chi connectivity index (χ2n) is 4.45. The molecule has 0 aliphatic heterocycles. The summed E-state index contributed by atoms with van der Waals surface area (Å²) in [6.45, 7) is 0. The molecule has 0 nitrogen and oxygen atoms in total. The molecule has 0 bridgehead atoms. The third kappa shape index (κ3) is 4.04. The summed E-state index contributed by atoms with van der Waals surface area (Å²) >= 11 is 6.30. The van der Waals surface area contributed by atoms with E-state index in [0.717, 1.165) is 0 Å². The zero-order valence-corrected chi connectivity index (χ0v) is 13.7. The molecule has 0 saturated heterocycles. The van der Waals surface area contributed by atoms with Gasteiger partial charge in [0.1, 0.15) is 0 Å². The number of hydrogen-bond donors (Lipinski definition) is 0. The van der Waals surface area contributed by atoms with Crippen molar-refractivity contribution in [3.63, 3.8) is 0 Å². The Kier molecular flexibility index (Phi) is 4.64. The largest absolute Gasteiger partial charge is 0.416 e. The van der Waals surface area contributed by atoms with Gasteiger partial charge in [0.05, 0.1) is 11.1 Å². The molecular formula is C14H6Br2F6. The molecule has 0 unspecified atom stereocenters. The standard InChI is InChI=1S/C14H6Br2F6/c15-11-3-8(4-12(16)6-11)7-1-9(13(17,18)19)5-10(2-7)14(20,21)22/h1-6H. The number of halogens is 8. The maximum Gasteiger partial charge on any atom is 0.416 e. The first-order chi connectivity index (χ1) is 9.96. The van der Waals surface area contributed by atoms with Crippen LogP contribution in [0.25, 0.3) is 11.1 Å². The van der Waals surface area contributed by atoms with E-state index < -0.39 is 23.5 Å². The van der Waals surface area contributed by atoms with E-state index in [0.29, 0.717) is 21.1 Å². The molecule has 0 aromatic heterocycles. The monoisotopic (exact) mass is 446 g/mol. The molecule has 118 valence electrons. The van der Waals surface area contributed by atoms with Gasteiger partial charge in [0.2, 0.25) is 0 Å². The van der Waals surface area contributed by atoms with E-state index in [9.17, 15) is 26.3 Å². The van der Waals surface area contributed by atoms with Crippen LogP contribution in [0.1, 0.15) is 11.1 Å². The summed E-state index contributed by atoms with van der Waals surface area (Å²) in [6, 6.07) is 6.02. The lowest BCUT2D eigenvalue weighted by atomic mass is 9.99. The van der Waals surface area contributed by atoms with Crippen molar-refractivity contribution in [1.29, 1.82) is 0 Å². The summed E-state index contributed by atoms with van der Waals surface area (Å²) in [7, 11) is 0. The fourth-order valence-electron chi connectivity index (χ4n) is 1.84. The van der Waals surface area contributed by atoms with Crippen LogP contribution in [0.2, 0.25) is 0 Å². The highest BCUT2D eigenvalue weighted by Gasteiger charge is 2.37. The smallest absolute Gasteiger partial charge is 0.166 e. The topological polar surface area (TPSA) is 0 Å². The van der Waals surface area contributed by atoms with Gasteiger partial charge in [-0.15, -0.1) is 0 Å². The fraction of sp³-hybridized carbons (Fsp3) is 0.143. The van der Waals surface area contributed by atoms with Gasteiger partial charge in [-0.05, 0) is 47.5 Å². The zero-order chi connectivity index (χ0) is 16.7. The molecule has 0 atom stereocenters. The molecule has 0 heterocycles. The molecule has 0 spiro atoms. The van der Waals surface area contributed by atoms with Crippen LogP contribution in [-0.4, -0.2) is 0 Å². The first-order valence-electron chi connectivity index (χ1n) is 5.73. The number of hydrogen-bond acceptors (Lipinski definition) is 0. The van der Waals surface area contributed by atoms with Gasteiger partial charge < -0.3 is 0 Å². The van der Waals surface area contributed by atoms with E-state index in [1.165, 1.54) is 12.1 Å². The van der Waals surface area contributed by atoms with Gasteiger partial charge >= 0.3 is 12.4 Å². The highest BCUT2D eigenvalue weighted by atomic mass is 79.9. The average molecular weight is 448 g/mol. The van der Waals surface area contributed by atoms with Crippen LogP contribution < -0.4 is 0 Å². The van der Waals surface area contributed by atoms with Gasteiger partial charge in [-0.1, -0.05) is 31.9 Å². The Bertz CT molecular complexity index is 651. The third-order valence-corrected chi connectivity index (χ3v) is 3.70. The van der Waals surface area contributed by atoms with E-state index in [2.05, 4.69) is 31.9 Å². The molecule has 0 aliphatic carbocycles. The second-order valence-corrected chi connectivity index (χ2v) is 6.28. The van der Waals surface area contributed by atoms with Crippen molar-refractivity contribution in [2.24, 2.45) is 0 Å². The van der Waals surface area contributed by atoms with Crippen molar-refractivity contribution in [1.82, 2.24) is 0 Å². The molecule has 0 aliphatic rings. The van der Waals surface area contributed by atoms with E-state index in [1.807, 2.05) is 0 Å². The van der Waals surface area contributed by atoms with Gasteiger partial charge in [0, 0.05) is 8.95 Å². The van der Waals surface area contributed by atoms with Crippen molar-refractivity contribution in [3.05, 3.63) is 56.5 Å². The summed E-state index contributed by atoms with van der Waals surface area (Å²) in [5.74, 6) is 0. The quantitative estimate of drug-likeness (QED) is 0.416. The van der Waals surface area contributed by atoms with Crippen molar-refractivity contribution < 1.29 is 26.3 Å². The lowest BCUT2D eigenvalue weighted by Gasteiger charge is -2.14. The number of rotatable bonds is 1. The molecule has 0 N–H and O–H groups in total. The molecular weight excluding hydrogens is 442 g/mol. The summed E-state index contributed by atoms with van der Waals surface area (Å²) in [5.41, 5.74) is -2.61. The van der Waals surface area contributed by atoms with Crippen LogP contribution >= 0.6 is 31.9 Å². The fourth-order valence-corrected chi connectivity index (χ4v) is 3.14. The SMILES string of the molecule is FC(F)(F)c1cc(-c2cc(Br)cc(Br)c2)cc(C(F)(F)F)c1. The van der Waals surface area contributed by atoms with Crippen LogP contribution in [-0.2, 0) is 12.4 Å². The Morgan fingerprint density at radius 2 is 0.909 bits per heavy atom. The minimum atomic E-state index is -4.86. The first-order valence-corrected chi connectivity index (χ1v) is 7.31. The van der Waals surface area contributed by atoms with E-state index >= 15 is 0 Å². The molecule has 0 radical (unpaired) electrons. The Balaban J connectivity index is 2.70. The van der Waals surface area contributed by atoms with Crippen molar-refractivity contribution in [3.8, 4) is 11.1 Å². The van der Waals surface area contributed by atoms with Crippen LogP contribution in [0, 0.1) is 0 Å². The van der Waals surface area contributed by atoms with Gasteiger partial charge in [-0.3, -0.25) is 0 Å². The van der Waals surface area contributed by atoms with Crippen molar-refractivity contribution in [2.75, 3.05) is 0 Å². The predicted molar refractivity (Wildman–Crippen MR) is 77.3 cm³/mol. The Hall–Kier alpha value is -1.02. The normalized spacial score (nSPS) is 12.5. The molecule has 0 amide bonds. The highest BCUT2D eigenvalue weighted by Crippen LogP contribution is 2.39. The summed E-state index contributed by atoms with van der Waals surface area (Å²) < 4.78 is 78.0. The zero-order valence-electron chi connectivity index (χ0n) is 10.5. The van der Waals surface area contributed by atoms with Crippen molar-refractivity contribution in [2.45, 2.75) is 12.4 Å². The molecule has 0 saturated carbocycles. The summed E-state index contributed by atoms with van der Waals surface area (Å²) in [6.07, 6.45) is -9.72. The Morgan fingerprint density at radius 3 is 1.27 bits per heavy atom. The number of benzene rings is 2. The Morgan fingerprint density at radius 1 is 0.545 bits per heavy atom. The van der Waals surface area contributed by atoms with Crippen molar-refractivity contribution >= 4 is 31.9 Å². The Labute approximate surface area is 138 Å². The highest BCUT2D eigenvalue weighted by molar-refractivity contribution is 9.11. The minimum absolute atomic E-state index is 0.108. The molecule has 2 rings (SSSR count).